The summed E-state index contributed by atoms with van der Waals surface area (Å²) in [6.07, 6.45) is 1.81. The van der Waals surface area contributed by atoms with Crippen molar-refractivity contribution in [1.82, 2.24) is 0 Å². The van der Waals surface area contributed by atoms with Crippen LogP contribution in [0.15, 0.2) is 11.6 Å². The summed E-state index contributed by atoms with van der Waals surface area (Å²) in [7, 11) is 0. The van der Waals surface area contributed by atoms with E-state index < -0.39 is 0 Å². The molecule has 3 nitrogen and oxygen atoms in total. The Morgan fingerprint density at radius 3 is 3.20 bits per heavy atom. The summed E-state index contributed by atoms with van der Waals surface area (Å²) < 4.78 is 9.94. The summed E-state index contributed by atoms with van der Waals surface area (Å²) >= 11 is 0. The third-order valence-electron chi connectivity index (χ3n) is 1.83. The zero-order chi connectivity index (χ0) is 6.97. The van der Waals surface area contributed by atoms with Crippen LogP contribution in [0.25, 0.3) is 0 Å². The number of carbonyl (C=O) groups excluding carboxylic acids is 1. The zero-order valence-electron chi connectivity index (χ0n) is 5.50. The Bertz CT molecular complexity index is 195. The maximum atomic E-state index is 10.9. The molecule has 2 heterocycles. The van der Waals surface area contributed by atoms with E-state index in [0.717, 1.165) is 5.57 Å². The molecule has 2 aliphatic heterocycles. The molecule has 1 atom stereocenters. The highest BCUT2D eigenvalue weighted by Crippen LogP contribution is 2.23. The van der Waals surface area contributed by atoms with Crippen LogP contribution in [0.2, 0.25) is 0 Å². The summed E-state index contributed by atoms with van der Waals surface area (Å²) in [5, 5.41) is 0. The summed E-state index contributed by atoms with van der Waals surface area (Å²) in [6, 6.07) is 0. The number of ether oxygens (including phenoxy) is 2. The maximum absolute atomic E-state index is 10.9. The molecule has 0 aromatic carbocycles. The van der Waals surface area contributed by atoms with Gasteiger partial charge in [0.2, 0.25) is 0 Å². The quantitative estimate of drug-likeness (QED) is 0.448. The number of hydrogen-bond donors (Lipinski definition) is 0. The molecule has 0 aromatic heterocycles. The smallest absolute Gasteiger partial charge is 0.334 e. The van der Waals surface area contributed by atoms with Gasteiger partial charge in [0.25, 0.3) is 0 Å². The van der Waals surface area contributed by atoms with Gasteiger partial charge in [-0.05, 0) is 6.08 Å². The molecule has 0 amide bonds. The molecule has 0 N–H and O–H groups in total. The molecular weight excluding hydrogens is 132 g/mol. The van der Waals surface area contributed by atoms with E-state index >= 15 is 0 Å². The summed E-state index contributed by atoms with van der Waals surface area (Å²) in [4.78, 5) is 10.9. The largest absolute Gasteiger partial charge is 0.462 e. The molecule has 10 heavy (non-hydrogen) atoms. The van der Waals surface area contributed by atoms with Gasteiger partial charge in [0.05, 0.1) is 13.2 Å². The number of cyclic esters (lactones) is 1. The van der Waals surface area contributed by atoms with Crippen LogP contribution in [-0.4, -0.2) is 25.8 Å². The topological polar surface area (TPSA) is 35.5 Å². The first kappa shape index (κ1) is 5.92. The Morgan fingerprint density at radius 1 is 1.50 bits per heavy atom. The Hall–Kier alpha value is -0.830. The average molecular weight is 140 g/mol. The zero-order valence-corrected chi connectivity index (χ0v) is 5.50. The lowest BCUT2D eigenvalue weighted by Crippen LogP contribution is -2.17. The maximum Gasteiger partial charge on any atom is 0.334 e. The number of carbonyl (C=O) groups is 1. The molecule has 2 aliphatic rings. The van der Waals surface area contributed by atoms with Gasteiger partial charge in [0.15, 0.2) is 0 Å². The molecular formula is C7H8O3. The van der Waals surface area contributed by atoms with Crippen molar-refractivity contribution in [2.24, 2.45) is 5.92 Å². The van der Waals surface area contributed by atoms with E-state index in [9.17, 15) is 4.79 Å². The number of hydrogen-bond acceptors (Lipinski definition) is 3. The number of esters is 1. The van der Waals surface area contributed by atoms with Gasteiger partial charge in [0.1, 0.15) is 6.61 Å². The van der Waals surface area contributed by atoms with Crippen molar-refractivity contribution in [3.8, 4) is 0 Å². The third kappa shape index (κ3) is 0.743. The first-order valence-corrected chi connectivity index (χ1v) is 3.33. The van der Waals surface area contributed by atoms with Crippen LogP contribution in [0.1, 0.15) is 0 Å². The Morgan fingerprint density at radius 2 is 2.40 bits per heavy atom. The molecule has 0 aromatic rings. The third-order valence-corrected chi connectivity index (χ3v) is 1.83. The minimum Gasteiger partial charge on any atom is -0.462 e. The van der Waals surface area contributed by atoms with E-state index in [1.165, 1.54) is 0 Å². The van der Waals surface area contributed by atoms with Crippen LogP contribution in [0.4, 0.5) is 0 Å². The van der Waals surface area contributed by atoms with Gasteiger partial charge in [-0.1, -0.05) is 0 Å². The van der Waals surface area contributed by atoms with Crippen molar-refractivity contribution in [3.63, 3.8) is 0 Å². The Labute approximate surface area is 58.6 Å². The fourth-order valence-electron chi connectivity index (χ4n) is 1.26. The lowest BCUT2D eigenvalue weighted by Gasteiger charge is -2.12. The van der Waals surface area contributed by atoms with Gasteiger partial charge < -0.3 is 9.47 Å². The predicted octanol–water partition coefficient (Wildman–Crippen LogP) is 0.116. The van der Waals surface area contributed by atoms with E-state index in [1.807, 2.05) is 6.08 Å². The molecule has 1 saturated heterocycles. The molecule has 54 valence electrons. The number of fused-ring (bicyclic) bond motifs is 1. The van der Waals surface area contributed by atoms with Gasteiger partial charge in [0, 0.05) is 11.5 Å². The van der Waals surface area contributed by atoms with Gasteiger partial charge in [-0.25, -0.2) is 4.79 Å². The van der Waals surface area contributed by atoms with E-state index in [1.54, 1.807) is 0 Å². The minimum atomic E-state index is -0.159. The standard InChI is InChI=1S/C7H8O3/c8-7-6-1-2-9-3-5(6)4-10-7/h1,5H,2-4H2. The van der Waals surface area contributed by atoms with E-state index in [0.29, 0.717) is 19.8 Å². The first-order chi connectivity index (χ1) is 4.88. The molecule has 1 fully saturated rings. The van der Waals surface area contributed by atoms with Crippen LogP contribution in [0.3, 0.4) is 0 Å². The molecule has 0 bridgehead atoms. The van der Waals surface area contributed by atoms with Crippen molar-refractivity contribution in [3.05, 3.63) is 11.6 Å². The molecule has 3 heteroatoms. The second-order valence-electron chi connectivity index (χ2n) is 2.49. The van der Waals surface area contributed by atoms with Gasteiger partial charge >= 0.3 is 5.97 Å². The van der Waals surface area contributed by atoms with Crippen molar-refractivity contribution in [1.29, 1.82) is 0 Å². The van der Waals surface area contributed by atoms with Crippen molar-refractivity contribution in [2.75, 3.05) is 19.8 Å². The van der Waals surface area contributed by atoms with Gasteiger partial charge in [-0.3, -0.25) is 0 Å². The molecule has 0 radical (unpaired) electrons. The summed E-state index contributed by atoms with van der Waals surface area (Å²) in [5.41, 5.74) is 0.811. The van der Waals surface area contributed by atoms with Gasteiger partial charge in [-0.15, -0.1) is 0 Å². The fraction of sp³-hybridized carbons (Fsp3) is 0.571. The van der Waals surface area contributed by atoms with Crippen molar-refractivity contribution >= 4 is 5.97 Å². The highest BCUT2D eigenvalue weighted by Gasteiger charge is 2.32. The minimum absolute atomic E-state index is 0.159. The first-order valence-electron chi connectivity index (χ1n) is 3.33. The molecule has 0 saturated carbocycles. The monoisotopic (exact) mass is 140 g/mol. The summed E-state index contributed by atoms with van der Waals surface area (Å²) in [5.74, 6) is 0.0505. The normalized spacial score (nSPS) is 31.0. The highest BCUT2D eigenvalue weighted by atomic mass is 16.5. The Kier molecular flexibility index (Phi) is 1.24. The lowest BCUT2D eigenvalue weighted by molar-refractivity contribution is -0.135. The van der Waals surface area contributed by atoms with Crippen LogP contribution in [0, 0.1) is 5.92 Å². The second-order valence-corrected chi connectivity index (χ2v) is 2.49. The average Bonchev–Trinajstić information content (AvgIpc) is 2.34. The Balaban J connectivity index is 2.27. The van der Waals surface area contributed by atoms with Crippen LogP contribution in [0.5, 0.6) is 0 Å². The molecule has 1 unspecified atom stereocenters. The van der Waals surface area contributed by atoms with E-state index in [-0.39, 0.29) is 11.9 Å². The SMILES string of the molecule is O=C1OCC2COCC=C12. The van der Waals surface area contributed by atoms with E-state index in [2.05, 4.69) is 0 Å². The van der Waals surface area contributed by atoms with Gasteiger partial charge in [-0.2, -0.15) is 0 Å². The molecule has 2 rings (SSSR count). The second kappa shape index (κ2) is 2.09. The summed E-state index contributed by atoms with van der Waals surface area (Å²) in [6.45, 7) is 1.70. The highest BCUT2D eigenvalue weighted by molar-refractivity contribution is 5.91. The van der Waals surface area contributed by atoms with Crippen LogP contribution in [-0.2, 0) is 14.3 Å². The van der Waals surface area contributed by atoms with Crippen molar-refractivity contribution < 1.29 is 14.3 Å². The predicted molar refractivity (Wildman–Crippen MR) is 33.4 cm³/mol. The van der Waals surface area contributed by atoms with Crippen molar-refractivity contribution in [2.45, 2.75) is 0 Å². The van der Waals surface area contributed by atoms with E-state index in [4.69, 9.17) is 9.47 Å². The molecule has 0 aliphatic carbocycles. The lowest BCUT2D eigenvalue weighted by atomic mass is 10.0. The van der Waals surface area contributed by atoms with Crippen LogP contribution < -0.4 is 0 Å². The molecule has 0 spiro atoms. The number of rotatable bonds is 0. The van der Waals surface area contributed by atoms with Crippen LogP contribution >= 0.6 is 0 Å². The fourth-order valence-corrected chi connectivity index (χ4v) is 1.26.